The zero-order chi connectivity index (χ0) is 25.1. The second-order valence-corrected chi connectivity index (χ2v) is 11.7. The number of morpholine rings is 1. The molecule has 2 aliphatic rings. The maximum absolute atomic E-state index is 11.8. The van der Waals surface area contributed by atoms with Crippen LogP contribution in [0.15, 0.2) is 35.2 Å². The lowest BCUT2D eigenvalue weighted by Crippen LogP contribution is -2.37. The molecule has 0 spiro atoms. The molecule has 4 heterocycles. The van der Waals surface area contributed by atoms with Crippen molar-refractivity contribution in [2.24, 2.45) is 0 Å². The molecule has 11 nitrogen and oxygen atoms in total. The average Bonchev–Trinajstić information content (AvgIpc) is 2.86. The highest BCUT2D eigenvalue weighted by molar-refractivity contribution is 9.10. The quantitative estimate of drug-likeness (QED) is 0.431. The number of rotatable bonds is 7. The summed E-state index contributed by atoms with van der Waals surface area (Å²) in [5.41, 5.74) is 1.07. The second-order valence-electron chi connectivity index (χ2n) is 9.01. The van der Waals surface area contributed by atoms with Crippen molar-refractivity contribution in [1.82, 2.24) is 19.9 Å². The van der Waals surface area contributed by atoms with E-state index in [1.807, 2.05) is 6.07 Å². The van der Waals surface area contributed by atoms with Gasteiger partial charge in [0.15, 0.2) is 0 Å². The van der Waals surface area contributed by atoms with Crippen LogP contribution in [0.1, 0.15) is 25.7 Å². The number of aromatic nitrogens is 4. The van der Waals surface area contributed by atoms with Crippen molar-refractivity contribution in [3.05, 3.63) is 35.2 Å². The Balaban J connectivity index is 1.35. The second kappa shape index (κ2) is 10.7. The fourth-order valence-electron chi connectivity index (χ4n) is 4.45. The number of hydrogen-bond acceptors (Lipinski definition) is 10. The van der Waals surface area contributed by atoms with Gasteiger partial charge < -0.3 is 19.7 Å². The number of hydrogen-bond donors (Lipinski definition) is 2. The third kappa shape index (κ3) is 6.31. The first-order chi connectivity index (χ1) is 17.3. The van der Waals surface area contributed by atoms with Crippen LogP contribution in [-0.4, -0.2) is 73.1 Å². The molecule has 2 fully saturated rings. The van der Waals surface area contributed by atoms with Crippen molar-refractivity contribution in [2.75, 3.05) is 47.5 Å². The Hall–Kier alpha value is -2.77. The van der Waals surface area contributed by atoms with Gasteiger partial charge in [-0.25, -0.2) is 18.4 Å². The minimum atomic E-state index is -3.44. The van der Waals surface area contributed by atoms with E-state index < -0.39 is 10.0 Å². The minimum Gasteiger partial charge on any atom is -0.474 e. The summed E-state index contributed by atoms with van der Waals surface area (Å²) in [5.74, 6) is 1.86. The predicted molar refractivity (Wildman–Crippen MR) is 141 cm³/mol. The lowest BCUT2D eigenvalue weighted by molar-refractivity contribution is 0.122. The lowest BCUT2D eigenvalue weighted by atomic mass is 9.93. The summed E-state index contributed by atoms with van der Waals surface area (Å²) in [5, 5.41) is 4.07. The highest BCUT2D eigenvalue weighted by Gasteiger charge is 2.25. The molecule has 13 heteroatoms. The van der Waals surface area contributed by atoms with E-state index in [1.165, 1.54) is 6.20 Å². The molecule has 5 rings (SSSR count). The highest BCUT2D eigenvalue weighted by atomic mass is 79.9. The molecule has 1 saturated heterocycles. The van der Waals surface area contributed by atoms with Crippen LogP contribution in [0.25, 0.3) is 10.9 Å². The maximum Gasteiger partial charge on any atom is 0.229 e. The summed E-state index contributed by atoms with van der Waals surface area (Å²) in [4.78, 5) is 20.1. The fourth-order valence-corrected chi connectivity index (χ4v) is 5.19. The molecular formula is C23H28BrN7O4S. The lowest BCUT2D eigenvalue weighted by Gasteiger charge is -2.31. The molecule has 36 heavy (non-hydrogen) atoms. The first-order valence-electron chi connectivity index (χ1n) is 11.8. The van der Waals surface area contributed by atoms with Gasteiger partial charge in [0.25, 0.3) is 0 Å². The summed E-state index contributed by atoms with van der Waals surface area (Å²) >= 11 is 3.35. The molecule has 192 valence electrons. The van der Waals surface area contributed by atoms with Crippen LogP contribution in [0.2, 0.25) is 0 Å². The Morgan fingerprint density at radius 1 is 1.06 bits per heavy atom. The van der Waals surface area contributed by atoms with Crippen LogP contribution in [0, 0.1) is 0 Å². The molecule has 0 atom stereocenters. The summed E-state index contributed by atoms with van der Waals surface area (Å²) in [6.07, 6.45) is 9.55. The van der Waals surface area contributed by atoms with Crippen LogP contribution in [0.3, 0.4) is 0 Å². The Labute approximate surface area is 218 Å². The largest absolute Gasteiger partial charge is 0.474 e. The summed E-state index contributed by atoms with van der Waals surface area (Å²) in [6.45, 7) is 2.75. The molecule has 1 aliphatic carbocycles. The van der Waals surface area contributed by atoms with Gasteiger partial charge in [-0.2, -0.15) is 4.98 Å². The van der Waals surface area contributed by atoms with Crippen molar-refractivity contribution in [1.29, 1.82) is 0 Å². The Bertz CT molecular complexity index is 1310. The van der Waals surface area contributed by atoms with Gasteiger partial charge in [0, 0.05) is 37.6 Å². The standard InChI is InChI=1S/C23H28BrN7O4S/c1-36(32,33)30-17-10-19-20(25-14-17)11-21(31-6-8-34-9-7-31)29-22(19)35-18-4-2-16(3-5-18)28-23-26-12-15(24)13-27-23/h10-14,16,18,30H,2-9H2,1H3,(H,26,27,28)/t16-,18+. The molecule has 0 radical (unpaired) electrons. The van der Waals surface area contributed by atoms with Crippen LogP contribution < -0.4 is 19.7 Å². The molecule has 0 bridgehead atoms. The summed E-state index contributed by atoms with van der Waals surface area (Å²) in [6, 6.07) is 3.91. The molecule has 1 saturated carbocycles. The van der Waals surface area contributed by atoms with Gasteiger partial charge in [-0.15, -0.1) is 0 Å². The third-order valence-electron chi connectivity index (χ3n) is 6.18. The topological polar surface area (TPSA) is 131 Å². The van der Waals surface area contributed by atoms with Crippen molar-refractivity contribution >= 4 is 54.3 Å². The number of ether oxygens (including phenoxy) is 2. The van der Waals surface area contributed by atoms with Crippen molar-refractivity contribution < 1.29 is 17.9 Å². The summed E-state index contributed by atoms with van der Waals surface area (Å²) < 4.78 is 38.8. The number of nitrogens with one attached hydrogen (secondary N) is 2. The van der Waals surface area contributed by atoms with Gasteiger partial charge in [0.05, 0.1) is 46.7 Å². The van der Waals surface area contributed by atoms with Gasteiger partial charge in [-0.1, -0.05) is 0 Å². The molecule has 0 amide bonds. The molecule has 0 aromatic carbocycles. The Kier molecular flexibility index (Phi) is 7.39. The van der Waals surface area contributed by atoms with Crippen molar-refractivity contribution in [3.8, 4) is 5.88 Å². The fraction of sp³-hybridized carbons (Fsp3) is 0.478. The zero-order valence-electron chi connectivity index (χ0n) is 19.9. The van der Waals surface area contributed by atoms with E-state index in [0.717, 1.165) is 55.3 Å². The predicted octanol–water partition coefficient (Wildman–Crippen LogP) is 3.19. The number of fused-ring (bicyclic) bond motifs is 1. The SMILES string of the molecule is CS(=O)(=O)Nc1cnc2cc(N3CCOCC3)nc(O[C@H]3CC[C@@H](Nc4ncc(Br)cn4)CC3)c2c1. The molecule has 2 N–H and O–H groups in total. The van der Waals surface area contributed by atoms with E-state index in [9.17, 15) is 8.42 Å². The van der Waals surface area contributed by atoms with Crippen LogP contribution in [0.5, 0.6) is 5.88 Å². The number of nitrogens with zero attached hydrogens (tertiary/aromatic N) is 5. The molecule has 3 aromatic rings. The van der Waals surface area contributed by atoms with E-state index in [1.54, 1.807) is 18.5 Å². The first-order valence-corrected chi connectivity index (χ1v) is 14.5. The van der Waals surface area contributed by atoms with E-state index in [-0.39, 0.29) is 12.1 Å². The molecule has 3 aromatic heterocycles. The Morgan fingerprint density at radius 2 is 1.78 bits per heavy atom. The smallest absolute Gasteiger partial charge is 0.229 e. The van der Waals surface area contributed by atoms with Gasteiger partial charge in [0.1, 0.15) is 11.9 Å². The van der Waals surface area contributed by atoms with Crippen molar-refractivity contribution in [3.63, 3.8) is 0 Å². The Morgan fingerprint density at radius 3 is 2.47 bits per heavy atom. The maximum atomic E-state index is 11.8. The van der Waals surface area contributed by atoms with E-state index in [2.05, 4.69) is 45.8 Å². The number of anilines is 3. The molecule has 1 aliphatic heterocycles. The zero-order valence-corrected chi connectivity index (χ0v) is 22.3. The van der Waals surface area contributed by atoms with Gasteiger partial charge in [0.2, 0.25) is 21.9 Å². The average molecular weight is 578 g/mol. The van der Waals surface area contributed by atoms with Crippen LogP contribution in [-0.2, 0) is 14.8 Å². The van der Waals surface area contributed by atoms with Gasteiger partial charge in [-0.3, -0.25) is 9.71 Å². The molecule has 0 unspecified atom stereocenters. The summed E-state index contributed by atoms with van der Waals surface area (Å²) in [7, 11) is -3.44. The molecular weight excluding hydrogens is 550 g/mol. The minimum absolute atomic E-state index is 0.0175. The highest BCUT2D eigenvalue weighted by Crippen LogP contribution is 2.33. The monoisotopic (exact) mass is 577 g/mol. The van der Waals surface area contributed by atoms with E-state index in [0.29, 0.717) is 41.6 Å². The first kappa shape index (κ1) is 24.9. The number of pyridine rings is 2. The number of halogens is 1. The van der Waals surface area contributed by atoms with Gasteiger partial charge >= 0.3 is 0 Å². The van der Waals surface area contributed by atoms with Crippen LogP contribution in [0.4, 0.5) is 17.5 Å². The number of sulfonamides is 1. The van der Waals surface area contributed by atoms with Crippen molar-refractivity contribution in [2.45, 2.75) is 37.8 Å². The third-order valence-corrected chi connectivity index (χ3v) is 7.19. The van der Waals surface area contributed by atoms with Crippen LogP contribution >= 0.6 is 15.9 Å². The normalized spacial score (nSPS) is 20.8. The van der Waals surface area contributed by atoms with E-state index in [4.69, 9.17) is 14.5 Å². The van der Waals surface area contributed by atoms with E-state index >= 15 is 0 Å². The van der Waals surface area contributed by atoms with Gasteiger partial charge in [-0.05, 0) is 47.7 Å².